The topological polar surface area (TPSA) is 90.9 Å². The normalized spacial score (nSPS) is 11.2. The lowest BCUT2D eigenvalue weighted by Gasteiger charge is -2.14. The molecule has 0 fully saturated rings. The van der Waals surface area contributed by atoms with Gasteiger partial charge in [-0.2, -0.15) is 0 Å². The molecule has 0 radical (unpaired) electrons. The lowest BCUT2D eigenvalue weighted by atomic mass is 10.1. The van der Waals surface area contributed by atoms with Crippen molar-refractivity contribution in [2.24, 2.45) is 0 Å². The fraction of sp³-hybridized carbons (Fsp3) is 0.286. The van der Waals surface area contributed by atoms with Gasteiger partial charge < -0.3 is 15.0 Å². The average Bonchev–Trinajstić information content (AvgIpc) is 2.88. The zero-order chi connectivity index (χ0) is 25.0. The number of hydroxylamine groups is 1. The molecule has 0 aliphatic rings. The van der Waals surface area contributed by atoms with Gasteiger partial charge in [-0.1, -0.05) is 54.6 Å². The number of rotatable bonds is 12. The Bertz CT molecular complexity index is 1150. The summed E-state index contributed by atoms with van der Waals surface area (Å²) in [5.74, 6) is 0.127. The summed E-state index contributed by atoms with van der Waals surface area (Å²) >= 11 is 0. The summed E-state index contributed by atoms with van der Waals surface area (Å²) < 4.78 is 6.08. The minimum absolute atomic E-state index is 0.135. The number of fused-ring (bicyclic) bond motifs is 1. The summed E-state index contributed by atoms with van der Waals surface area (Å²) in [5, 5.41) is 13.7. The Morgan fingerprint density at radius 1 is 0.971 bits per heavy atom. The molecule has 3 rings (SSSR count). The fourth-order valence-electron chi connectivity index (χ4n) is 3.66. The van der Waals surface area contributed by atoms with Gasteiger partial charge in [-0.05, 0) is 48.4 Å². The molecule has 0 aliphatic carbocycles. The zero-order valence-corrected chi connectivity index (χ0v) is 20.3. The molecule has 3 aromatic carbocycles. The van der Waals surface area contributed by atoms with E-state index < -0.39 is 5.91 Å². The summed E-state index contributed by atoms with van der Waals surface area (Å²) in [7, 11) is 3.97. The van der Waals surface area contributed by atoms with Crippen LogP contribution in [0.3, 0.4) is 0 Å². The van der Waals surface area contributed by atoms with Crippen LogP contribution in [0.4, 0.5) is 5.69 Å². The monoisotopic (exact) mass is 475 g/mol. The number of unbranched alkanes of at least 4 members (excludes halogenated alkanes) is 2. The molecule has 0 saturated carbocycles. The number of carbonyl (C=O) groups is 2. The van der Waals surface area contributed by atoms with E-state index >= 15 is 0 Å². The molecule has 0 unspecified atom stereocenters. The third-order valence-corrected chi connectivity index (χ3v) is 5.70. The Balaban J connectivity index is 1.65. The van der Waals surface area contributed by atoms with E-state index in [4.69, 9.17) is 9.94 Å². The van der Waals surface area contributed by atoms with Crippen molar-refractivity contribution in [3.8, 4) is 5.75 Å². The van der Waals surface area contributed by atoms with E-state index in [1.807, 2.05) is 91.8 Å². The first-order valence-corrected chi connectivity index (χ1v) is 11.7. The van der Waals surface area contributed by atoms with Crippen molar-refractivity contribution in [1.82, 2.24) is 10.8 Å². The summed E-state index contributed by atoms with van der Waals surface area (Å²) in [5.41, 5.74) is 4.28. The van der Waals surface area contributed by atoms with Crippen molar-refractivity contribution >= 4 is 28.3 Å². The molecule has 3 aromatic rings. The number of hydrogen-bond donors (Lipinski definition) is 3. The van der Waals surface area contributed by atoms with E-state index in [-0.39, 0.29) is 18.9 Å². The molecule has 0 heterocycles. The summed E-state index contributed by atoms with van der Waals surface area (Å²) in [6, 6.07) is 21.9. The van der Waals surface area contributed by atoms with Crippen molar-refractivity contribution in [2.75, 3.05) is 25.6 Å². The minimum atomic E-state index is -0.411. The molecule has 3 N–H and O–H groups in total. The highest BCUT2D eigenvalue weighted by atomic mass is 16.5. The van der Waals surface area contributed by atoms with Crippen LogP contribution in [0, 0.1) is 0 Å². The predicted molar refractivity (Wildman–Crippen MR) is 139 cm³/mol. The Morgan fingerprint density at radius 2 is 1.71 bits per heavy atom. The van der Waals surface area contributed by atoms with Crippen molar-refractivity contribution < 1.29 is 19.5 Å². The quantitative estimate of drug-likeness (QED) is 0.154. The van der Waals surface area contributed by atoms with Gasteiger partial charge in [0, 0.05) is 38.1 Å². The van der Waals surface area contributed by atoms with Crippen LogP contribution in [-0.4, -0.2) is 37.7 Å². The van der Waals surface area contributed by atoms with Gasteiger partial charge in [0.1, 0.15) is 12.4 Å². The van der Waals surface area contributed by atoms with Gasteiger partial charge in [0.2, 0.25) is 5.91 Å². The van der Waals surface area contributed by atoms with E-state index in [9.17, 15) is 9.59 Å². The molecular formula is C28H33N3O4. The third kappa shape index (κ3) is 7.86. The zero-order valence-electron chi connectivity index (χ0n) is 20.3. The van der Waals surface area contributed by atoms with E-state index in [0.717, 1.165) is 27.8 Å². The summed E-state index contributed by atoms with van der Waals surface area (Å²) in [6.07, 6.45) is 4.05. The number of benzene rings is 3. The van der Waals surface area contributed by atoms with Gasteiger partial charge in [-0.15, -0.1) is 0 Å². The van der Waals surface area contributed by atoms with Gasteiger partial charge in [-0.3, -0.25) is 14.8 Å². The Hall–Kier alpha value is -3.84. The van der Waals surface area contributed by atoms with Crippen LogP contribution in [0.1, 0.15) is 31.2 Å². The van der Waals surface area contributed by atoms with E-state index in [1.54, 1.807) is 5.48 Å². The van der Waals surface area contributed by atoms with E-state index in [1.165, 1.54) is 0 Å². The second kappa shape index (κ2) is 13.2. The summed E-state index contributed by atoms with van der Waals surface area (Å²) in [4.78, 5) is 26.3. The maximum atomic E-state index is 13.0. The Labute approximate surface area is 206 Å². The van der Waals surface area contributed by atoms with Crippen molar-refractivity contribution in [1.29, 1.82) is 0 Å². The number of carbonyl (C=O) groups excluding carboxylic acids is 2. The van der Waals surface area contributed by atoms with Crippen molar-refractivity contribution in [3.05, 3.63) is 83.9 Å². The van der Waals surface area contributed by atoms with Gasteiger partial charge in [0.05, 0.1) is 5.57 Å². The number of ether oxygens (including phenoxy) is 1. The third-order valence-electron chi connectivity index (χ3n) is 5.70. The van der Waals surface area contributed by atoms with Crippen LogP contribution in [-0.2, 0) is 16.1 Å². The van der Waals surface area contributed by atoms with Crippen LogP contribution in [0.5, 0.6) is 5.75 Å². The molecule has 0 saturated heterocycles. The summed E-state index contributed by atoms with van der Waals surface area (Å²) in [6.45, 7) is 0.547. The number of anilines is 1. The maximum Gasteiger partial charge on any atom is 0.250 e. The fourth-order valence-corrected chi connectivity index (χ4v) is 3.66. The van der Waals surface area contributed by atoms with Crippen LogP contribution in [0.25, 0.3) is 10.8 Å². The largest absolute Gasteiger partial charge is 0.488 e. The lowest BCUT2D eigenvalue weighted by molar-refractivity contribution is -0.129. The molecule has 0 atom stereocenters. The molecule has 0 spiro atoms. The first-order valence-electron chi connectivity index (χ1n) is 11.7. The maximum absolute atomic E-state index is 13.0. The SMILES string of the molecule is CN(C)c1ccc(CNC(=O)/C(=C/CCCCC(=O)NO)COc2cccc3ccccc23)cc1. The highest BCUT2D eigenvalue weighted by Gasteiger charge is 2.12. The predicted octanol–water partition coefficient (Wildman–Crippen LogP) is 4.59. The number of amides is 2. The second-order valence-electron chi connectivity index (χ2n) is 8.52. The van der Waals surface area contributed by atoms with Crippen LogP contribution in [0.2, 0.25) is 0 Å². The smallest absolute Gasteiger partial charge is 0.250 e. The number of nitrogens with one attached hydrogen (secondary N) is 2. The van der Waals surface area contributed by atoms with Crippen LogP contribution < -0.4 is 20.4 Å². The number of allylic oxidation sites excluding steroid dienone is 1. The highest BCUT2D eigenvalue weighted by molar-refractivity contribution is 5.94. The first-order chi connectivity index (χ1) is 17.0. The first kappa shape index (κ1) is 25.8. The molecule has 7 heteroatoms. The molecule has 0 bridgehead atoms. The van der Waals surface area contributed by atoms with Gasteiger partial charge in [-0.25, -0.2) is 5.48 Å². The van der Waals surface area contributed by atoms with Gasteiger partial charge in [0.25, 0.3) is 5.91 Å². The molecular weight excluding hydrogens is 442 g/mol. The number of nitrogens with zero attached hydrogens (tertiary/aromatic N) is 1. The average molecular weight is 476 g/mol. The Morgan fingerprint density at radius 3 is 2.46 bits per heavy atom. The second-order valence-corrected chi connectivity index (χ2v) is 8.52. The van der Waals surface area contributed by atoms with Crippen LogP contribution >= 0.6 is 0 Å². The lowest BCUT2D eigenvalue weighted by Crippen LogP contribution is -2.27. The van der Waals surface area contributed by atoms with Gasteiger partial charge >= 0.3 is 0 Å². The number of hydrogen-bond acceptors (Lipinski definition) is 5. The van der Waals surface area contributed by atoms with Crippen molar-refractivity contribution in [2.45, 2.75) is 32.2 Å². The van der Waals surface area contributed by atoms with E-state index in [2.05, 4.69) is 5.32 Å². The molecule has 184 valence electrons. The molecule has 0 aromatic heterocycles. The Kier molecular flexibility index (Phi) is 9.69. The molecule has 0 aliphatic heterocycles. The minimum Gasteiger partial charge on any atom is -0.488 e. The standard InChI is InChI=1S/C28H33N3O4/c1-31(2)24-17-15-21(16-18-24)19-29-28(33)23(10-4-3-5-14-27(32)30-34)20-35-26-13-8-11-22-9-6-7-12-25(22)26/h6-13,15-18,34H,3-5,14,19-20H2,1-2H3,(H,29,33)(H,30,32)/b23-10+. The van der Waals surface area contributed by atoms with Crippen LogP contribution in [0.15, 0.2) is 78.4 Å². The van der Waals surface area contributed by atoms with Gasteiger partial charge in [0.15, 0.2) is 0 Å². The molecule has 7 nitrogen and oxygen atoms in total. The van der Waals surface area contributed by atoms with E-state index in [0.29, 0.717) is 31.4 Å². The van der Waals surface area contributed by atoms with Crippen molar-refractivity contribution in [3.63, 3.8) is 0 Å². The molecule has 2 amide bonds. The highest BCUT2D eigenvalue weighted by Crippen LogP contribution is 2.25. The molecule has 35 heavy (non-hydrogen) atoms.